The molecule has 1 aliphatic heterocycles. The Morgan fingerprint density at radius 1 is 1.45 bits per heavy atom. The average Bonchev–Trinajstić information content (AvgIpc) is 2.79. The molecule has 1 saturated heterocycles. The molecule has 0 aromatic heterocycles. The predicted octanol–water partition coefficient (Wildman–Crippen LogP) is 2.71. The van der Waals surface area contributed by atoms with Crippen molar-refractivity contribution in [3.05, 3.63) is 0 Å². The quantitative estimate of drug-likeness (QED) is 0.819. The van der Waals surface area contributed by atoms with Crippen LogP contribution in [0.3, 0.4) is 0 Å². The third-order valence-corrected chi connectivity index (χ3v) is 4.86. The summed E-state index contributed by atoms with van der Waals surface area (Å²) in [6.45, 7) is 6.95. The SMILES string of the molecule is CCCC1SCC(C(=O)O)N1C(=O)N(C)CCC(C)C. The molecule has 0 aromatic carbocycles. The fourth-order valence-electron chi connectivity index (χ4n) is 2.22. The van der Waals surface area contributed by atoms with E-state index in [0.717, 1.165) is 19.3 Å². The molecule has 20 heavy (non-hydrogen) atoms. The van der Waals surface area contributed by atoms with Crippen LogP contribution in [0.1, 0.15) is 40.0 Å². The first-order valence-corrected chi connectivity index (χ1v) is 8.31. The lowest BCUT2D eigenvalue weighted by molar-refractivity contribution is -0.141. The van der Waals surface area contributed by atoms with Gasteiger partial charge in [0, 0.05) is 19.3 Å². The van der Waals surface area contributed by atoms with Crippen LogP contribution in [0.2, 0.25) is 0 Å². The summed E-state index contributed by atoms with van der Waals surface area (Å²) in [6.07, 6.45) is 2.72. The Hall–Kier alpha value is -0.910. The molecule has 0 saturated carbocycles. The summed E-state index contributed by atoms with van der Waals surface area (Å²) in [7, 11) is 1.76. The molecule has 1 N–H and O–H groups in total. The van der Waals surface area contributed by atoms with Crippen molar-refractivity contribution < 1.29 is 14.7 Å². The minimum atomic E-state index is -0.901. The van der Waals surface area contributed by atoms with E-state index in [1.54, 1.807) is 28.6 Å². The summed E-state index contributed by atoms with van der Waals surface area (Å²) >= 11 is 1.58. The maximum atomic E-state index is 12.5. The molecule has 1 heterocycles. The Balaban J connectivity index is 2.75. The highest BCUT2D eigenvalue weighted by Gasteiger charge is 2.42. The number of carbonyl (C=O) groups is 2. The van der Waals surface area contributed by atoms with E-state index in [2.05, 4.69) is 20.8 Å². The summed E-state index contributed by atoms with van der Waals surface area (Å²) < 4.78 is 0. The topological polar surface area (TPSA) is 60.9 Å². The minimum Gasteiger partial charge on any atom is -0.480 e. The van der Waals surface area contributed by atoms with Crippen LogP contribution in [-0.2, 0) is 4.79 Å². The zero-order chi connectivity index (χ0) is 15.3. The number of aliphatic carboxylic acids is 1. The first kappa shape index (κ1) is 17.1. The van der Waals surface area contributed by atoms with E-state index in [-0.39, 0.29) is 11.4 Å². The van der Waals surface area contributed by atoms with Crippen LogP contribution in [0.25, 0.3) is 0 Å². The van der Waals surface area contributed by atoms with E-state index in [9.17, 15) is 14.7 Å². The van der Waals surface area contributed by atoms with Crippen molar-refractivity contribution in [3.63, 3.8) is 0 Å². The van der Waals surface area contributed by atoms with Gasteiger partial charge in [-0.2, -0.15) is 0 Å². The van der Waals surface area contributed by atoms with Crippen LogP contribution in [0.5, 0.6) is 0 Å². The fraction of sp³-hybridized carbons (Fsp3) is 0.857. The summed E-state index contributed by atoms with van der Waals surface area (Å²) in [5.74, 6) is 0.116. The van der Waals surface area contributed by atoms with Crippen LogP contribution in [0.15, 0.2) is 0 Å². The number of rotatable bonds is 6. The number of urea groups is 1. The first-order chi connectivity index (χ1) is 9.38. The molecule has 0 aromatic rings. The number of hydrogen-bond acceptors (Lipinski definition) is 3. The highest BCUT2D eigenvalue weighted by molar-refractivity contribution is 8.00. The molecule has 2 unspecified atom stereocenters. The second kappa shape index (κ2) is 7.76. The second-order valence-corrected chi connectivity index (χ2v) is 6.94. The maximum Gasteiger partial charge on any atom is 0.327 e. The predicted molar refractivity (Wildman–Crippen MR) is 81.9 cm³/mol. The van der Waals surface area contributed by atoms with Crippen molar-refractivity contribution in [3.8, 4) is 0 Å². The molecule has 0 bridgehead atoms. The maximum absolute atomic E-state index is 12.5. The third-order valence-electron chi connectivity index (χ3n) is 3.50. The lowest BCUT2D eigenvalue weighted by atomic mass is 10.1. The molecular formula is C14H26N2O3S. The molecule has 116 valence electrons. The summed E-state index contributed by atoms with van der Waals surface area (Å²) in [4.78, 5) is 27.1. The van der Waals surface area contributed by atoms with Gasteiger partial charge in [0.15, 0.2) is 0 Å². The van der Waals surface area contributed by atoms with Gasteiger partial charge in [0.25, 0.3) is 0 Å². The monoisotopic (exact) mass is 302 g/mol. The number of nitrogens with zero attached hydrogens (tertiary/aromatic N) is 2. The van der Waals surface area contributed by atoms with Gasteiger partial charge in [-0.1, -0.05) is 27.2 Å². The lowest BCUT2D eigenvalue weighted by Gasteiger charge is -2.31. The molecule has 2 atom stereocenters. The summed E-state index contributed by atoms with van der Waals surface area (Å²) in [6, 6.07) is -0.841. The number of carboxylic acid groups (broad SMARTS) is 1. The zero-order valence-corrected chi connectivity index (χ0v) is 13.7. The molecule has 1 rings (SSSR count). The van der Waals surface area contributed by atoms with Crippen molar-refractivity contribution in [2.45, 2.75) is 51.4 Å². The number of amides is 2. The van der Waals surface area contributed by atoms with E-state index in [1.165, 1.54) is 0 Å². The Morgan fingerprint density at radius 3 is 2.60 bits per heavy atom. The minimum absolute atomic E-state index is 0.00454. The van der Waals surface area contributed by atoms with Gasteiger partial charge in [-0.25, -0.2) is 9.59 Å². The average molecular weight is 302 g/mol. The van der Waals surface area contributed by atoms with Crippen LogP contribution >= 0.6 is 11.8 Å². The van der Waals surface area contributed by atoms with E-state index < -0.39 is 12.0 Å². The molecule has 2 amide bonds. The smallest absolute Gasteiger partial charge is 0.327 e. The molecular weight excluding hydrogens is 276 g/mol. The van der Waals surface area contributed by atoms with Gasteiger partial charge in [-0.15, -0.1) is 11.8 Å². The van der Waals surface area contributed by atoms with Gasteiger partial charge in [0.05, 0.1) is 5.37 Å². The van der Waals surface area contributed by atoms with Crippen molar-refractivity contribution in [1.82, 2.24) is 9.80 Å². The van der Waals surface area contributed by atoms with Gasteiger partial charge in [-0.05, 0) is 18.8 Å². The lowest BCUT2D eigenvalue weighted by Crippen LogP contribution is -2.50. The third kappa shape index (κ3) is 4.30. The number of hydrogen-bond donors (Lipinski definition) is 1. The Bertz CT molecular complexity index is 349. The summed E-state index contributed by atoms with van der Waals surface area (Å²) in [5, 5.41) is 9.29. The molecule has 5 nitrogen and oxygen atoms in total. The van der Waals surface area contributed by atoms with Crippen LogP contribution < -0.4 is 0 Å². The van der Waals surface area contributed by atoms with Crippen molar-refractivity contribution >= 4 is 23.8 Å². The van der Waals surface area contributed by atoms with Crippen LogP contribution in [-0.4, -0.2) is 57.7 Å². The first-order valence-electron chi connectivity index (χ1n) is 7.26. The Labute approximate surface area is 125 Å². The largest absolute Gasteiger partial charge is 0.480 e. The van der Waals surface area contributed by atoms with Gasteiger partial charge in [0.2, 0.25) is 0 Å². The van der Waals surface area contributed by atoms with Gasteiger partial charge in [-0.3, -0.25) is 4.90 Å². The molecule has 0 radical (unpaired) electrons. The van der Waals surface area contributed by atoms with Crippen LogP contribution in [0, 0.1) is 5.92 Å². The number of carbonyl (C=O) groups excluding carboxylic acids is 1. The van der Waals surface area contributed by atoms with Gasteiger partial charge < -0.3 is 10.0 Å². The van der Waals surface area contributed by atoms with E-state index in [0.29, 0.717) is 18.2 Å². The standard InChI is InChI=1S/C14H26N2O3S/c1-5-6-12-16(11(9-20-12)13(17)18)14(19)15(4)8-7-10(2)3/h10-12H,5-9H2,1-4H3,(H,17,18). The highest BCUT2D eigenvalue weighted by Crippen LogP contribution is 2.33. The molecule has 6 heteroatoms. The van der Waals surface area contributed by atoms with E-state index in [4.69, 9.17) is 0 Å². The Morgan fingerprint density at radius 2 is 2.10 bits per heavy atom. The zero-order valence-electron chi connectivity index (χ0n) is 12.8. The van der Waals surface area contributed by atoms with Crippen molar-refractivity contribution in [2.75, 3.05) is 19.3 Å². The molecule has 0 spiro atoms. The van der Waals surface area contributed by atoms with Crippen LogP contribution in [0.4, 0.5) is 4.79 Å². The second-order valence-electron chi connectivity index (χ2n) is 5.72. The Kier molecular flexibility index (Phi) is 6.65. The fourth-order valence-corrected chi connectivity index (χ4v) is 3.73. The highest BCUT2D eigenvalue weighted by atomic mass is 32.2. The van der Waals surface area contributed by atoms with Crippen molar-refractivity contribution in [1.29, 1.82) is 0 Å². The van der Waals surface area contributed by atoms with Gasteiger partial charge in [0.1, 0.15) is 6.04 Å². The normalized spacial score (nSPS) is 22.4. The number of carboxylic acids is 1. The van der Waals surface area contributed by atoms with E-state index in [1.807, 2.05) is 0 Å². The van der Waals surface area contributed by atoms with Gasteiger partial charge >= 0.3 is 12.0 Å². The molecule has 0 aliphatic carbocycles. The summed E-state index contributed by atoms with van der Waals surface area (Å²) in [5.41, 5.74) is 0. The molecule has 1 aliphatic rings. The van der Waals surface area contributed by atoms with E-state index >= 15 is 0 Å². The molecule has 1 fully saturated rings. The van der Waals surface area contributed by atoms with Crippen molar-refractivity contribution in [2.24, 2.45) is 5.92 Å². The number of thioether (sulfide) groups is 1.